The molecule has 11 heteroatoms. The number of fused-ring (bicyclic) bond motifs is 1. The number of halogens is 1. The molecule has 0 unspecified atom stereocenters. The highest BCUT2D eigenvalue weighted by atomic mass is 35.5. The molecule has 0 aliphatic heterocycles. The van der Waals surface area contributed by atoms with Gasteiger partial charge in [-0.2, -0.15) is 5.10 Å². The Bertz CT molecular complexity index is 1980. The molecule has 10 nitrogen and oxygen atoms in total. The lowest BCUT2D eigenvalue weighted by atomic mass is 9.98. The summed E-state index contributed by atoms with van der Waals surface area (Å²) in [5.74, 6) is -0.776. The van der Waals surface area contributed by atoms with Crippen molar-refractivity contribution < 1.29 is 23.9 Å². The molecule has 5 rings (SSSR count). The Balaban J connectivity index is 1.37. The second kappa shape index (κ2) is 15.4. The molecule has 2 aromatic heterocycles. The number of carbonyl (C=O) groups excluding carboxylic acids is 3. The predicted octanol–water partition coefficient (Wildman–Crippen LogP) is 6.10. The third-order valence-corrected chi connectivity index (χ3v) is 9.31. The lowest BCUT2D eigenvalue weighted by molar-refractivity contribution is -0.144. The first-order valence-electron chi connectivity index (χ1n) is 16.2. The van der Waals surface area contributed by atoms with Crippen LogP contribution in [0.25, 0.3) is 22.0 Å². The van der Waals surface area contributed by atoms with Gasteiger partial charge in [0.15, 0.2) is 0 Å². The molecule has 2 amide bonds. The topological polar surface area (TPSA) is 127 Å². The molecule has 0 saturated heterocycles. The van der Waals surface area contributed by atoms with Crippen LogP contribution in [0, 0.1) is 27.7 Å². The van der Waals surface area contributed by atoms with E-state index in [1.165, 1.54) is 7.11 Å². The predicted molar refractivity (Wildman–Crippen MR) is 191 cm³/mol. The molecule has 0 fully saturated rings. The molecule has 5 aromatic rings. The highest BCUT2D eigenvalue weighted by molar-refractivity contribution is 6.32. The van der Waals surface area contributed by atoms with E-state index in [0.29, 0.717) is 25.1 Å². The Kier molecular flexibility index (Phi) is 11.1. The molecular formula is C38H42ClN5O5. The van der Waals surface area contributed by atoms with Gasteiger partial charge in [0, 0.05) is 40.7 Å². The molecule has 0 aliphatic rings. The van der Waals surface area contributed by atoms with Crippen LogP contribution < -0.4 is 15.4 Å². The molecule has 2 heterocycles. The lowest BCUT2D eigenvalue weighted by Crippen LogP contribution is -2.47. The first kappa shape index (κ1) is 35.2. The van der Waals surface area contributed by atoms with Crippen LogP contribution in [0.3, 0.4) is 0 Å². The molecule has 1 atom stereocenters. The molecule has 0 aliphatic carbocycles. The molecule has 49 heavy (non-hydrogen) atoms. The van der Waals surface area contributed by atoms with Gasteiger partial charge in [0.25, 0.3) is 5.91 Å². The van der Waals surface area contributed by atoms with Crippen molar-refractivity contribution in [2.24, 2.45) is 7.05 Å². The van der Waals surface area contributed by atoms with Crippen LogP contribution in [0.5, 0.6) is 5.75 Å². The molecule has 0 bridgehead atoms. The van der Waals surface area contributed by atoms with E-state index in [4.69, 9.17) is 21.1 Å². The van der Waals surface area contributed by atoms with Gasteiger partial charge < -0.3 is 25.1 Å². The number of amides is 2. The van der Waals surface area contributed by atoms with Gasteiger partial charge >= 0.3 is 5.97 Å². The number of aromatic amines is 1. The van der Waals surface area contributed by atoms with E-state index in [1.54, 1.807) is 0 Å². The van der Waals surface area contributed by atoms with Crippen LogP contribution in [-0.4, -0.2) is 58.9 Å². The number of esters is 1. The van der Waals surface area contributed by atoms with Crippen molar-refractivity contribution in [1.29, 1.82) is 0 Å². The maximum atomic E-state index is 13.8. The van der Waals surface area contributed by atoms with E-state index in [0.717, 1.165) is 66.4 Å². The average Bonchev–Trinajstić information content (AvgIpc) is 3.59. The van der Waals surface area contributed by atoms with Crippen LogP contribution in [-0.2, 0) is 34.2 Å². The minimum absolute atomic E-state index is 0.256. The summed E-state index contributed by atoms with van der Waals surface area (Å²) in [6.07, 6.45) is 1.42. The number of ether oxygens (including phenoxy) is 2. The summed E-state index contributed by atoms with van der Waals surface area (Å²) < 4.78 is 12.8. The van der Waals surface area contributed by atoms with Gasteiger partial charge in [-0.3, -0.25) is 14.3 Å². The number of hydrogen-bond donors (Lipinski definition) is 3. The van der Waals surface area contributed by atoms with E-state index < -0.39 is 23.8 Å². The Hall–Kier alpha value is -5.09. The number of aromatic nitrogens is 3. The molecule has 256 valence electrons. The second-order valence-electron chi connectivity index (χ2n) is 12.2. The minimum Gasteiger partial charge on any atom is -0.494 e. The van der Waals surface area contributed by atoms with E-state index in [9.17, 15) is 14.4 Å². The maximum absolute atomic E-state index is 13.8. The number of methoxy groups -OCH3 is 1. The smallest absolute Gasteiger partial charge is 0.328 e. The normalized spacial score (nSPS) is 11.7. The van der Waals surface area contributed by atoms with Crippen molar-refractivity contribution in [3.8, 4) is 16.9 Å². The quantitative estimate of drug-likeness (QED) is 0.102. The monoisotopic (exact) mass is 683 g/mol. The standard InChI is InChI=1S/C38H42ClN5O5/c1-22-18-27(19-23(2)34(22)39)49-17-11-16-29-28-14-10-15-30(33-24(3)43-44(5)25(33)4)35(28)42-36(29)37(46)40-21-32(45)41-31(38(47)48-6)20-26-12-8-7-9-13-26/h7-10,12-15,18-19,31,42H,11,16-17,20-21H2,1-6H3,(H,40,46)(H,41,45)/t31-/m0/s1. The minimum atomic E-state index is -0.901. The van der Waals surface area contributed by atoms with Crippen LogP contribution in [0.2, 0.25) is 5.02 Å². The number of para-hydroxylation sites is 1. The molecule has 3 N–H and O–H groups in total. The first-order valence-corrected chi connectivity index (χ1v) is 16.6. The van der Waals surface area contributed by atoms with Gasteiger partial charge in [0.05, 0.1) is 31.5 Å². The van der Waals surface area contributed by atoms with E-state index in [2.05, 4.69) is 20.7 Å². The highest BCUT2D eigenvalue weighted by Crippen LogP contribution is 2.35. The molecule has 0 spiro atoms. The van der Waals surface area contributed by atoms with Crippen LogP contribution in [0.15, 0.2) is 60.7 Å². The molecule has 3 aromatic carbocycles. The van der Waals surface area contributed by atoms with E-state index in [1.807, 2.05) is 100 Å². The van der Waals surface area contributed by atoms with Gasteiger partial charge in [-0.25, -0.2) is 4.79 Å². The van der Waals surface area contributed by atoms with Gasteiger partial charge in [-0.15, -0.1) is 0 Å². The highest BCUT2D eigenvalue weighted by Gasteiger charge is 2.25. The second-order valence-corrected chi connectivity index (χ2v) is 12.6. The number of nitrogens with one attached hydrogen (secondary N) is 3. The van der Waals surface area contributed by atoms with Crippen molar-refractivity contribution >= 4 is 40.3 Å². The summed E-state index contributed by atoms with van der Waals surface area (Å²) in [5.41, 5.74) is 8.56. The van der Waals surface area contributed by atoms with Crippen molar-refractivity contribution in [2.75, 3.05) is 20.3 Å². The summed E-state index contributed by atoms with van der Waals surface area (Å²) in [4.78, 5) is 42.6. The summed E-state index contributed by atoms with van der Waals surface area (Å²) >= 11 is 6.33. The maximum Gasteiger partial charge on any atom is 0.328 e. The number of hydrogen-bond acceptors (Lipinski definition) is 6. The fraction of sp³-hybridized carbons (Fsp3) is 0.316. The number of benzene rings is 3. The number of aryl methyl sites for hydroxylation is 5. The molecule has 0 saturated carbocycles. The number of nitrogens with zero attached hydrogens (tertiary/aromatic N) is 2. The summed E-state index contributed by atoms with van der Waals surface area (Å²) in [7, 11) is 3.18. The van der Waals surface area contributed by atoms with Crippen LogP contribution >= 0.6 is 11.6 Å². The van der Waals surface area contributed by atoms with Crippen molar-refractivity contribution in [3.05, 3.63) is 105 Å². The number of H-pyrrole nitrogens is 1. The van der Waals surface area contributed by atoms with Crippen molar-refractivity contribution in [1.82, 2.24) is 25.4 Å². The average molecular weight is 684 g/mol. The van der Waals surface area contributed by atoms with Crippen LogP contribution in [0.1, 0.15) is 50.6 Å². The summed E-state index contributed by atoms with van der Waals surface area (Å²) in [6, 6.07) is 18.2. The summed E-state index contributed by atoms with van der Waals surface area (Å²) in [6.45, 7) is 7.97. The Morgan fingerprint density at radius 3 is 2.37 bits per heavy atom. The number of carbonyl (C=O) groups is 3. The fourth-order valence-electron chi connectivity index (χ4n) is 6.21. The Labute approximate surface area is 291 Å². The zero-order chi connectivity index (χ0) is 35.2. The van der Waals surface area contributed by atoms with Crippen molar-refractivity contribution in [3.63, 3.8) is 0 Å². The zero-order valence-corrected chi connectivity index (χ0v) is 29.5. The van der Waals surface area contributed by atoms with E-state index >= 15 is 0 Å². The van der Waals surface area contributed by atoms with Gasteiger partial charge in [-0.1, -0.05) is 60.1 Å². The summed E-state index contributed by atoms with van der Waals surface area (Å²) in [5, 5.41) is 11.7. The van der Waals surface area contributed by atoms with Gasteiger partial charge in [0.2, 0.25) is 5.91 Å². The largest absolute Gasteiger partial charge is 0.494 e. The third-order valence-electron chi connectivity index (χ3n) is 8.71. The van der Waals surface area contributed by atoms with Crippen molar-refractivity contribution in [2.45, 2.75) is 53.0 Å². The Morgan fingerprint density at radius 2 is 1.71 bits per heavy atom. The SMILES string of the molecule is COC(=O)[C@H](Cc1ccccc1)NC(=O)CNC(=O)c1[nH]c2c(-c3c(C)nn(C)c3C)cccc2c1CCCOc1cc(C)c(Cl)c(C)c1. The number of rotatable bonds is 13. The molecule has 0 radical (unpaired) electrons. The third kappa shape index (κ3) is 7.97. The first-order chi connectivity index (χ1) is 23.5. The molecular weight excluding hydrogens is 642 g/mol. The van der Waals surface area contributed by atoms with E-state index in [-0.39, 0.29) is 13.0 Å². The Morgan fingerprint density at radius 1 is 1.00 bits per heavy atom. The zero-order valence-electron chi connectivity index (χ0n) is 28.7. The fourth-order valence-corrected chi connectivity index (χ4v) is 6.32. The lowest BCUT2D eigenvalue weighted by Gasteiger charge is -2.17. The van der Waals surface area contributed by atoms with Crippen LogP contribution in [0.4, 0.5) is 0 Å². The van der Waals surface area contributed by atoms with Gasteiger partial charge in [-0.05, 0) is 74.9 Å². The van der Waals surface area contributed by atoms with Gasteiger partial charge in [0.1, 0.15) is 17.5 Å².